The Morgan fingerprint density at radius 3 is 2.94 bits per heavy atom. The van der Waals surface area contributed by atoms with Crippen LogP contribution in [0.25, 0.3) is 0 Å². The molecule has 1 aromatic carbocycles. The van der Waals surface area contributed by atoms with Gasteiger partial charge in [0.05, 0.1) is 4.47 Å². The molecule has 0 saturated carbocycles. The van der Waals surface area contributed by atoms with E-state index in [1.165, 1.54) is 6.07 Å². The predicted octanol–water partition coefficient (Wildman–Crippen LogP) is 2.15. The number of anilines is 1. The van der Waals surface area contributed by atoms with E-state index < -0.39 is 5.82 Å². The number of carbonyl (C=O) groups excluding carboxylic acids is 1. The molecule has 2 amide bonds. The van der Waals surface area contributed by atoms with Crippen LogP contribution in [0.2, 0.25) is 0 Å². The standard InChI is InChI=1S/C11H13BrFN3O/c12-9-2-1-8(5-10(9)13)15-11(17)16-4-3-7(14)6-16/h1-2,5,7H,3-4,6,14H2,(H,15,17). The molecule has 1 heterocycles. The van der Waals surface area contributed by atoms with Crippen LogP contribution in [0, 0.1) is 5.82 Å². The van der Waals surface area contributed by atoms with Gasteiger partial charge in [-0.05, 0) is 40.5 Å². The molecule has 1 aliphatic heterocycles. The third kappa shape index (κ3) is 2.95. The van der Waals surface area contributed by atoms with E-state index in [2.05, 4.69) is 21.2 Å². The number of urea groups is 1. The first kappa shape index (κ1) is 12.3. The van der Waals surface area contributed by atoms with E-state index in [0.717, 1.165) is 6.42 Å². The van der Waals surface area contributed by atoms with Gasteiger partial charge in [-0.15, -0.1) is 0 Å². The molecule has 4 nitrogen and oxygen atoms in total. The Labute approximate surface area is 107 Å². The van der Waals surface area contributed by atoms with Crippen LogP contribution in [-0.4, -0.2) is 30.1 Å². The zero-order chi connectivity index (χ0) is 12.4. The van der Waals surface area contributed by atoms with Crippen LogP contribution in [0.5, 0.6) is 0 Å². The zero-order valence-corrected chi connectivity index (χ0v) is 10.7. The lowest BCUT2D eigenvalue weighted by Gasteiger charge is -2.16. The molecule has 0 spiro atoms. The van der Waals surface area contributed by atoms with Crippen molar-refractivity contribution in [2.45, 2.75) is 12.5 Å². The topological polar surface area (TPSA) is 58.4 Å². The summed E-state index contributed by atoms with van der Waals surface area (Å²) in [5, 5.41) is 2.64. The van der Waals surface area contributed by atoms with Gasteiger partial charge in [-0.2, -0.15) is 0 Å². The van der Waals surface area contributed by atoms with Crippen LogP contribution < -0.4 is 11.1 Å². The number of nitrogens with zero attached hydrogens (tertiary/aromatic N) is 1. The summed E-state index contributed by atoms with van der Waals surface area (Å²) in [5.74, 6) is -0.402. The number of likely N-dealkylation sites (tertiary alicyclic amines) is 1. The second kappa shape index (κ2) is 5.01. The van der Waals surface area contributed by atoms with Crippen molar-refractivity contribution in [2.75, 3.05) is 18.4 Å². The van der Waals surface area contributed by atoms with Crippen LogP contribution in [-0.2, 0) is 0 Å². The molecule has 1 aliphatic rings. The Bertz CT molecular complexity index is 441. The molecular formula is C11H13BrFN3O. The summed E-state index contributed by atoms with van der Waals surface area (Å²) >= 11 is 3.06. The Morgan fingerprint density at radius 1 is 1.59 bits per heavy atom. The first-order valence-corrected chi connectivity index (χ1v) is 6.12. The Morgan fingerprint density at radius 2 is 2.35 bits per heavy atom. The summed E-state index contributed by atoms with van der Waals surface area (Å²) in [7, 11) is 0. The molecule has 1 atom stereocenters. The van der Waals surface area contributed by atoms with Crippen molar-refractivity contribution >= 4 is 27.6 Å². The number of amides is 2. The highest BCUT2D eigenvalue weighted by atomic mass is 79.9. The van der Waals surface area contributed by atoms with Gasteiger partial charge in [0.25, 0.3) is 0 Å². The van der Waals surface area contributed by atoms with Crippen molar-refractivity contribution in [2.24, 2.45) is 5.73 Å². The molecule has 0 aliphatic carbocycles. The van der Waals surface area contributed by atoms with E-state index in [1.54, 1.807) is 17.0 Å². The number of nitrogens with two attached hydrogens (primary N) is 1. The van der Waals surface area contributed by atoms with Crippen LogP contribution in [0.4, 0.5) is 14.9 Å². The third-order valence-corrected chi connectivity index (χ3v) is 3.33. The first-order valence-electron chi connectivity index (χ1n) is 5.33. The summed E-state index contributed by atoms with van der Waals surface area (Å²) in [4.78, 5) is 13.4. The van der Waals surface area contributed by atoms with Crippen molar-refractivity contribution in [1.82, 2.24) is 4.90 Å². The van der Waals surface area contributed by atoms with E-state index in [9.17, 15) is 9.18 Å². The van der Waals surface area contributed by atoms with E-state index in [-0.39, 0.29) is 12.1 Å². The average molecular weight is 302 g/mol. The molecule has 0 bridgehead atoms. The van der Waals surface area contributed by atoms with Gasteiger partial charge < -0.3 is 16.0 Å². The number of carbonyl (C=O) groups is 1. The zero-order valence-electron chi connectivity index (χ0n) is 9.12. The number of rotatable bonds is 1. The second-order valence-corrected chi connectivity index (χ2v) is 4.91. The van der Waals surface area contributed by atoms with Crippen molar-refractivity contribution in [3.05, 3.63) is 28.5 Å². The number of hydrogen-bond donors (Lipinski definition) is 2. The largest absolute Gasteiger partial charge is 0.326 e. The molecule has 0 radical (unpaired) electrons. The molecule has 1 aromatic rings. The van der Waals surface area contributed by atoms with E-state index in [1.807, 2.05) is 0 Å². The Balaban J connectivity index is 2.00. The molecule has 1 unspecified atom stereocenters. The lowest BCUT2D eigenvalue weighted by molar-refractivity contribution is 0.222. The average Bonchev–Trinajstić information content (AvgIpc) is 2.70. The molecule has 0 aromatic heterocycles. The van der Waals surface area contributed by atoms with E-state index in [4.69, 9.17) is 5.73 Å². The fourth-order valence-electron chi connectivity index (χ4n) is 1.75. The van der Waals surface area contributed by atoms with Crippen LogP contribution in [0.15, 0.2) is 22.7 Å². The summed E-state index contributed by atoms with van der Waals surface area (Å²) in [6, 6.07) is 4.28. The number of halogens is 2. The molecule has 92 valence electrons. The van der Waals surface area contributed by atoms with E-state index in [0.29, 0.717) is 23.2 Å². The van der Waals surface area contributed by atoms with Gasteiger partial charge in [0.15, 0.2) is 0 Å². The highest BCUT2D eigenvalue weighted by Gasteiger charge is 2.23. The van der Waals surface area contributed by atoms with Crippen molar-refractivity contribution in [1.29, 1.82) is 0 Å². The third-order valence-electron chi connectivity index (χ3n) is 2.68. The normalized spacial score (nSPS) is 19.5. The molecule has 17 heavy (non-hydrogen) atoms. The molecule has 3 N–H and O–H groups in total. The van der Waals surface area contributed by atoms with Crippen molar-refractivity contribution < 1.29 is 9.18 Å². The maximum absolute atomic E-state index is 13.2. The maximum Gasteiger partial charge on any atom is 0.321 e. The quantitative estimate of drug-likeness (QED) is 0.835. The first-order chi connectivity index (χ1) is 8.06. The minimum absolute atomic E-state index is 0.0439. The Hall–Kier alpha value is -1.14. The lowest BCUT2D eigenvalue weighted by Crippen LogP contribution is -2.35. The minimum atomic E-state index is -0.402. The second-order valence-electron chi connectivity index (χ2n) is 4.05. The van der Waals surface area contributed by atoms with Crippen LogP contribution >= 0.6 is 15.9 Å². The summed E-state index contributed by atoms with van der Waals surface area (Å²) in [5.41, 5.74) is 6.15. The van der Waals surface area contributed by atoms with Gasteiger partial charge >= 0.3 is 6.03 Å². The van der Waals surface area contributed by atoms with Gasteiger partial charge in [0.2, 0.25) is 0 Å². The molecular weight excluding hydrogens is 289 g/mol. The summed E-state index contributed by atoms with van der Waals surface area (Å²) in [6.07, 6.45) is 0.808. The molecule has 1 fully saturated rings. The number of benzene rings is 1. The smallest absolute Gasteiger partial charge is 0.321 e. The summed E-state index contributed by atoms with van der Waals surface area (Å²) in [6.45, 7) is 1.19. The summed E-state index contributed by atoms with van der Waals surface area (Å²) < 4.78 is 13.6. The number of hydrogen-bond acceptors (Lipinski definition) is 2. The van der Waals surface area contributed by atoms with Gasteiger partial charge in [-0.25, -0.2) is 9.18 Å². The SMILES string of the molecule is NC1CCN(C(=O)Nc2ccc(Br)c(F)c2)C1. The van der Waals surface area contributed by atoms with Gasteiger partial charge in [-0.3, -0.25) is 0 Å². The number of nitrogens with one attached hydrogen (secondary N) is 1. The van der Waals surface area contributed by atoms with E-state index >= 15 is 0 Å². The van der Waals surface area contributed by atoms with Gasteiger partial charge in [0, 0.05) is 24.8 Å². The predicted molar refractivity (Wildman–Crippen MR) is 67.3 cm³/mol. The van der Waals surface area contributed by atoms with Crippen molar-refractivity contribution in [3.8, 4) is 0 Å². The highest BCUT2D eigenvalue weighted by molar-refractivity contribution is 9.10. The fourth-order valence-corrected chi connectivity index (χ4v) is 1.99. The van der Waals surface area contributed by atoms with Gasteiger partial charge in [-0.1, -0.05) is 0 Å². The monoisotopic (exact) mass is 301 g/mol. The molecule has 2 rings (SSSR count). The van der Waals surface area contributed by atoms with Crippen molar-refractivity contribution in [3.63, 3.8) is 0 Å². The molecule has 1 saturated heterocycles. The molecule has 6 heteroatoms. The highest BCUT2D eigenvalue weighted by Crippen LogP contribution is 2.20. The van der Waals surface area contributed by atoms with Gasteiger partial charge in [0.1, 0.15) is 5.82 Å². The lowest BCUT2D eigenvalue weighted by atomic mass is 10.3. The fraction of sp³-hybridized carbons (Fsp3) is 0.364. The Kier molecular flexibility index (Phi) is 3.63. The maximum atomic E-state index is 13.2. The van der Waals surface area contributed by atoms with Crippen LogP contribution in [0.3, 0.4) is 0 Å². The minimum Gasteiger partial charge on any atom is -0.326 e. The van der Waals surface area contributed by atoms with Crippen LogP contribution in [0.1, 0.15) is 6.42 Å².